The molecule has 3 amide bonds. The number of anilines is 1. The summed E-state index contributed by atoms with van der Waals surface area (Å²) in [6.07, 6.45) is 0.523. The monoisotopic (exact) mass is 381 g/mol. The molecule has 0 bridgehead atoms. The number of hydrogen-bond acceptors (Lipinski definition) is 5. The van der Waals surface area contributed by atoms with Gasteiger partial charge < -0.3 is 14.4 Å². The predicted octanol–water partition coefficient (Wildman–Crippen LogP) is 1.41. The van der Waals surface area contributed by atoms with Gasteiger partial charge in [-0.1, -0.05) is 12.1 Å². The van der Waals surface area contributed by atoms with Crippen LogP contribution >= 0.6 is 0 Å². The van der Waals surface area contributed by atoms with E-state index in [-0.39, 0.29) is 12.5 Å². The highest BCUT2D eigenvalue weighted by Crippen LogP contribution is 2.30. The molecule has 2 aliphatic rings. The summed E-state index contributed by atoms with van der Waals surface area (Å²) in [5.74, 6) is 0.159. The SMILES string of the molecule is O=C(NNC(=O)[C@H]1COc2ccccc2O1)c1ccc(N2CCCC2=O)cc1. The van der Waals surface area contributed by atoms with Crippen LogP contribution in [-0.4, -0.2) is 37.0 Å². The van der Waals surface area contributed by atoms with Crippen molar-refractivity contribution >= 4 is 23.4 Å². The molecule has 2 N–H and O–H groups in total. The zero-order valence-electron chi connectivity index (χ0n) is 15.0. The van der Waals surface area contributed by atoms with Gasteiger partial charge in [0.1, 0.15) is 6.61 Å². The smallest absolute Gasteiger partial charge is 0.283 e. The summed E-state index contributed by atoms with van der Waals surface area (Å²) in [6.45, 7) is 0.740. The number of carbonyl (C=O) groups excluding carboxylic acids is 3. The van der Waals surface area contributed by atoms with Crippen molar-refractivity contribution < 1.29 is 23.9 Å². The van der Waals surface area contributed by atoms with Crippen molar-refractivity contribution in [3.63, 3.8) is 0 Å². The van der Waals surface area contributed by atoms with E-state index in [4.69, 9.17) is 9.47 Å². The van der Waals surface area contributed by atoms with Gasteiger partial charge in [-0.15, -0.1) is 0 Å². The molecule has 0 radical (unpaired) electrons. The lowest BCUT2D eigenvalue weighted by Crippen LogP contribution is -2.50. The molecular weight excluding hydrogens is 362 g/mol. The number of fused-ring (bicyclic) bond motifs is 1. The molecule has 1 atom stereocenters. The minimum Gasteiger partial charge on any atom is -0.485 e. The van der Waals surface area contributed by atoms with Gasteiger partial charge >= 0.3 is 0 Å². The minimum atomic E-state index is -0.862. The van der Waals surface area contributed by atoms with Crippen LogP contribution in [-0.2, 0) is 9.59 Å². The van der Waals surface area contributed by atoms with Gasteiger partial charge in [0.05, 0.1) is 0 Å². The average molecular weight is 381 g/mol. The number of ether oxygens (including phenoxy) is 2. The topological polar surface area (TPSA) is 97.0 Å². The molecule has 0 aromatic heterocycles. The van der Waals surface area contributed by atoms with Crippen molar-refractivity contribution in [3.05, 3.63) is 54.1 Å². The van der Waals surface area contributed by atoms with E-state index in [0.29, 0.717) is 30.0 Å². The van der Waals surface area contributed by atoms with E-state index in [2.05, 4.69) is 10.9 Å². The fraction of sp³-hybridized carbons (Fsp3) is 0.250. The molecule has 2 aromatic rings. The summed E-state index contributed by atoms with van der Waals surface area (Å²) >= 11 is 0. The van der Waals surface area contributed by atoms with Crippen LogP contribution in [0.2, 0.25) is 0 Å². The molecule has 1 saturated heterocycles. The van der Waals surface area contributed by atoms with Crippen LogP contribution in [0.25, 0.3) is 0 Å². The number of rotatable bonds is 3. The Hall–Kier alpha value is -3.55. The largest absolute Gasteiger partial charge is 0.485 e. The number of nitrogens with zero attached hydrogens (tertiary/aromatic N) is 1. The van der Waals surface area contributed by atoms with E-state index in [0.717, 1.165) is 12.1 Å². The quantitative estimate of drug-likeness (QED) is 0.784. The first-order chi connectivity index (χ1) is 13.6. The Balaban J connectivity index is 1.32. The maximum atomic E-state index is 12.2. The number of nitrogens with one attached hydrogen (secondary N) is 2. The molecule has 0 spiro atoms. The lowest BCUT2D eigenvalue weighted by molar-refractivity contribution is -0.131. The highest BCUT2D eigenvalue weighted by Gasteiger charge is 2.27. The van der Waals surface area contributed by atoms with Gasteiger partial charge in [-0.3, -0.25) is 25.2 Å². The summed E-state index contributed by atoms with van der Waals surface area (Å²) in [4.78, 5) is 38.0. The van der Waals surface area contributed by atoms with E-state index in [1.54, 1.807) is 47.4 Å². The van der Waals surface area contributed by atoms with Gasteiger partial charge in [-0.2, -0.15) is 0 Å². The Morgan fingerprint density at radius 3 is 2.46 bits per heavy atom. The third-order valence-electron chi connectivity index (χ3n) is 4.61. The van der Waals surface area contributed by atoms with Gasteiger partial charge in [-0.05, 0) is 42.8 Å². The summed E-state index contributed by atoms with van der Waals surface area (Å²) in [7, 11) is 0. The molecule has 8 heteroatoms. The van der Waals surface area contributed by atoms with Gasteiger partial charge in [0.2, 0.25) is 12.0 Å². The number of amides is 3. The van der Waals surface area contributed by atoms with Gasteiger partial charge in [0.15, 0.2) is 11.5 Å². The Morgan fingerprint density at radius 1 is 1.00 bits per heavy atom. The molecule has 28 heavy (non-hydrogen) atoms. The molecule has 2 aromatic carbocycles. The molecule has 0 saturated carbocycles. The molecule has 144 valence electrons. The third-order valence-corrected chi connectivity index (χ3v) is 4.61. The first-order valence-corrected chi connectivity index (χ1v) is 9.01. The first-order valence-electron chi connectivity index (χ1n) is 9.01. The van der Waals surface area contributed by atoms with Crippen LogP contribution in [0.5, 0.6) is 11.5 Å². The number of hydrazine groups is 1. The van der Waals surface area contributed by atoms with Crippen molar-refractivity contribution in [2.24, 2.45) is 0 Å². The number of benzene rings is 2. The van der Waals surface area contributed by atoms with Crippen molar-refractivity contribution in [2.45, 2.75) is 18.9 Å². The Morgan fingerprint density at radius 2 is 1.75 bits per heavy atom. The maximum Gasteiger partial charge on any atom is 0.283 e. The van der Waals surface area contributed by atoms with Crippen molar-refractivity contribution in [3.8, 4) is 11.5 Å². The average Bonchev–Trinajstić information content (AvgIpc) is 3.17. The van der Waals surface area contributed by atoms with Crippen molar-refractivity contribution in [1.29, 1.82) is 0 Å². The second-order valence-electron chi connectivity index (χ2n) is 6.50. The highest BCUT2D eigenvalue weighted by atomic mass is 16.6. The van der Waals surface area contributed by atoms with Crippen molar-refractivity contribution in [2.75, 3.05) is 18.1 Å². The maximum absolute atomic E-state index is 12.2. The molecule has 2 heterocycles. The molecular formula is C20H19N3O5. The van der Waals surface area contributed by atoms with E-state index in [1.165, 1.54) is 0 Å². The predicted molar refractivity (Wildman–Crippen MR) is 100.0 cm³/mol. The number of carbonyl (C=O) groups is 3. The zero-order chi connectivity index (χ0) is 19.5. The van der Waals surface area contributed by atoms with Gasteiger partial charge in [0, 0.05) is 24.2 Å². The van der Waals surface area contributed by atoms with Crippen LogP contribution in [0.15, 0.2) is 48.5 Å². The summed E-state index contributed by atoms with van der Waals surface area (Å²) in [5.41, 5.74) is 5.84. The Labute approximate surface area is 161 Å². The van der Waals surface area contributed by atoms with E-state index >= 15 is 0 Å². The van der Waals surface area contributed by atoms with Crippen LogP contribution in [0, 0.1) is 0 Å². The molecule has 0 aliphatic carbocycles. The second kappa shape index (κ2) is 7.59. The number of para-hydroxylation sites is 2. The first kappa shape index (κ1) is 17.8. The van der Waals surface area contributed by atoms with Gasteiger partial charge in [-0.25, -0.2) is 0 Å². The van der Waals surface area contributed by atoms with Crippen LogP contribution < -0.4 is 25.2 Å². The Bertz CT molecular complexity index is 912. The molecule has 1 fully saturated rings. The standard InChI is InChI=1S/C20H19N3O5/c24-18-6-3-11-23(18)14-9-7-13(8-10-14)19(25)21-22-20(26)17-12-27-15-4-1-2-5-16(15)28-17/h1-2,4-5,7-10,17H,3,6,11-12H2,(H,21,25)(H,22,26)/t17-/m1/s1. The molecule has 8 nitrogen and oxygen atoms in total. The van der Waals surface area contributed by atoms with Gasteiger partial charge in [0.25, 0.3) is 11.8 Å². The summed E-state index contributed by atoms with van der Waals surface area (Å²) in [6, 6.07) is 13.7. The normalized spacial score (nSPS) is 17.9. The van der Waals surface area contributed by atoms with E-state index in [1.807, 2.05) is 6.07 Å². The molecule has 0 unspecified atom stereocenters. The summed E-state index contributed by atoms with van der Waals surface area (Å²) < 4.78 is 11.1. The fourth-order valence-corrected chi connectivity index (χ4v) is 3.13. The summed E-state index contributed by atoms with van der Waals surface area (Å²) in [5, 5.41) is 0. The Kier molecular flexibility index (Phi) is 4.84. The van der Waals surface area contributed by atoms with Crippen molar-refractivity contribution in [1.82, 2.24) is 10.9 Å². The lowest BCUT2D eigenvalue weighted by Gasteiger charge is -2.25. The fourth-order valence-electron chi connectivity index (χ4n) is 3.13. The molecule has 2 aliphatic heterocycles. The second-order valence-corrected chi connectivity index (χ2v) is 6.50. The molecule has 4 rings (SSSR count). The van der Waals surface area contributed by atoms with Crippen LogP contribution in [0.1, 0.15) is 23.2 Å². The van der Waals surface area contributed by atoms with E-state index < -0.39 is 17.9 Å². The number of hydrogen-bond donors (Lipinski definition) is 2. The van der Waals surface area contributed by atoms with Crippen LogP contribution in [0.4, 0.5) is 5.69 Å². The zero-order valence-corrected chi connectivity index (χ0v) is 15.0. The van der Waals surface area contributed by atoms with Crippen LogP contribution in [0.3, 0.4) is 0 Å². The highest BCUT2D eigenvalue weighted by molar-refractivity contribution is 5.98. The minimum absolute atomic E-state index is 0.0529. The van der Waals surface area contributed by atoms with E-state index in [9.17, 15) is 14.4 Å². The third kappa shape index (κ3) is 3.62. The lowest BCUT2D eigenvalue weighted by atomic mass is 10.2.